The third kappa shape index (κ3) is 3.94. The Labute approximate surface area is 118 Å². The van der Waals surface area contributed by atoms with Crippen LogP contribution in [0, 0.1) is 10.1 Å². The highest BCUT2D eigenvalue weighted by atomic mass is 32.2. The van der Waals surface area contributed by atoms with E-state index in [1.165, 1.54) is 24.3 Å². The van der Waals surface area contributed by atoms with Crippen molar-refractivity contribution < 1.29 is 4.92 Å². The van der Waals surface area contributed by atoms with Gasteiger partial charge in [-0.1, -0.05) is 19.1 Å². The molecule has 1 heterocycles. The van der Waals surface area contributed by atoms with E-state index in [0.29, 0.717) is 6.04 Å². The number of nitrogens with one attached hydrogen (secondary N) is 1. The second-order valence-corrected chi connectivity index (χ2v) is 6.09. The topological polar surface area (TPSA) is 55.2 Å². The first-order valence-corrected chi connectivity index (χ1v) is 7.94. The molecule has 0 bridgehead atoms. The van der Waals surface area contributed by atoms with E-state index in [1.807, 2.05) is 17.8 Å². The Morgan fingerprint density at radius 3 is 2.84 bits per heavy atom. The van der Waals surface area contributed by atoms with E-state index in [9.17, 15) is 10.1 Å². The Balaban J connectivity index is 2.07. The molecule has 0 aromatic heterocycles. The Bertz CT molecular complexity index is 433. The lowest BCUT2D eigenvalue weighted by Gasteiger charge is -2.28. The highest BCUT2D eigenvalue weighted by molar-refractivity contribution is 7.99. The Morgan fingerprint density at radius 2 is 2.21 bits per heavy atom. The number of benzene rings is 1. The van der Waals surface area contributed by atoms with Gasteiger partial charge in [0, 0.05) is 24.2 Å². The summed E-state index contributed by atoms with van der Waals surface area (Å²) in [6.07, 6.45) is 3.33. The molecule has 1 aliphatic heterocycles. The third-order valence-electron chi connectivity index (χ3n) is 3.55. The predicted molar refractivity (Wildman–Crippen MR) is 79.6 cm³/mol. The number of rotatable bonds is 5. The van der Waals surface area contributed by atoms with Gasteiger partial charge in [0.25, 0.3) is 5.69 Å². The van der Waals surface area contributed by atoms with Gasteiger partial charge in [0.05, 0.1) is 4.92 Å². The summed E-state index contributed by atoms with van der Waals surface area (Å²) in [7, 11) is 0. The molecule has 0 unspecified atom stereocenters. The molecule has 1 saturated heterocycles. The van der Waals surface area contributed by atoms with Crippen molar-refractivity contribution in [2.45, 2.75) is 38.3 Å². The summed E-state index contributed by atoms with van der Waals surface area (Å²) < 4.78 is 0. The van der Waals surface area contributed by atoms with Crippen LogP contribution in [0.15, 0.2) is 24.3 Å². The van der Waals surface area contributed by atoms with Crippen LogP contribution in [0.5, 0.6) is 0 Å². The maximum Gasteiger partial charge on any atom is 0.269 e. The van der Waals surface area contributed by atoms with E-state index in [2.05, 4.69) is 12.2 Å². The molecule has 0 spiro atoms. The maximum atomic E-state index is 10.8. The first-order chi connectivity index (χ1) is 9.20. The first-order valence-electron chi connectivity index (χ1n) is 6.79. The first kappa shape index (κ1) is 14.3. The molecule has 1 aliphatic rings. The molecule has 0 saturated carbocycles. The molecular weight excluding hydrogens is 260 g/mol. The lowest BCUT2D eigenvalue weighted by atomic mass is 10.0. The molecule has 19 heavy (non-hydrogen) atoms. The Hall–Kier alpha value is -1.07. The van der Waals surface area contributed by atoms with Crippen molar-refractivity contribution in [3.05, 3.63) is 39.9 Å². The summed E-state index contributed by atoms with van der Waals surface area (Å²) in [5.74, 6) is 2.42. The number of hydrogen-bond donors (Lipinski definition) is 1. The van der Waals surface area contributed by atoms with Crippen molar-refractivity contribution in [3.8, 4) is 0 Å². The highest BCUT2D eigenvalue weighted by Crippen LogP contribution is 2.25. The van der Waals surface area contributed by atoms with Crippen molar-refractivity contribution in [2.75, 3.05) is 11.5 Å². The molecule has 104 valence electrons. The molecular formula is C14H20N2O2S. The van der Waals surface area contributed by atoms with Gasteiger partial charge in [-0.25, -0.2) is 0 Å². The molecule has 0 aliphatic carbocycles. The lowest BCUT2D eigenvalue weighted by molar-refractivity contribution is -0.384. The number of nitro benzene ring substituents is 1. The van der Waals surface area contributed by atoms with Gasteiger partial charge < -0.3 is 5.32 Å². The van der Waals surface area contributed by atoms with Crippen LogP contribution in [-0.2, 0) is 0 Å². The molecule has 5 heteroatoms. The summed E-state index contributed by atoms with van der Waals surface area (Å²) in [6.45, 7) is 2.12. The van der Waals surface area contributed by atoms with E-state index < -0.39 is 0 Å². The minimum Gasteiger partial charge on any atom is -0.307 e. The van der Waals surface area contributed by atoms with Crippen LogP contribution < -0.4 is 5.32 Å². The fourth-order valence-corrected chi connectivity index (χ4v) is 3.56. The van der Waals surface area contributed by atoms with E-state index in [1.54, 1.807) is 18.2 Å². The number of nitro groups is 1. The fourth-order valence-electron chi connectivity index (χ4n) is 2.45. The van der Waals surface area contributed by atoms with Crippen molar-refractivity contribution in [3.63, 3.8) is 0 Å². The van der Waals surface area contributed by atoms with E-state index >= 15 is 0 Å². The van der Waals surface area contributed by atoms with Crippen molar-refractivity contribution in [1.82, 2.24) is 5.32 Å². The number of thioether (sulfide) groups is 1. The molecule has 1 aromatic rings. The molecule has 2 rings (SSSR count). The summed E-state index contributed by atoms with van der Waals surface area (Å²) in [6, 6.07) is 7.76. The third-order valence-corrected chi connectivity index (χ3v) is 4.60. The largest absolute Gasteiger partial charge is 0.307 e. The average molecular weight is 280 g/mol. The molecule has 1 aromatic carbocycles. The van der Waals surface area contributed by atoms with E-state index in [4.69, 9.17) is 0 Å². The minimum atomic E-state index is -0.326. The molecule has 1 atom stereocenters. The van der Waals surface area contributed by atoms with Crippen LogP contribution in [0.3, 0.4) is 0 Å². The van der Waals surface area contributed by atoms with Crippen LogP contribution in [0.4, 0.5) is 5.69 Å². The Morgan fingerprint density at radius 1 is 1.47 bits per heavy atom. The second-order valence-electron chi connectivity index (χ2n) is 4.87. The van der Waals surface area contributed by atoms with Crippen LogP contribution in [0.1, 0.15) is 37.8 Å². The van der Waals surface area contributed by atoms with Crippen LogP contribution in [0.25, 0.3) is 0 Å². The molecule has 0 radical (unpaired) electrons. The van der Waals surface area contributed by atoms with Gasteiger partial charge in [0.1, 0.15) is 0 Å². The van der Waals surface area contributed by atoms with Gasteiger partial charge in [0.2, 0.25) is 0 Å². The van der Waals surface area contributed by atoms with Gasteiger partial charge in [-0.15, -0.1) is 0 Å². The van der Waals surface area contributed by atoms with Crippen molar-refractivity contribution in [2.24, 2.45) is 0 Å². The van der Waals surface area contributed by atoms with Gasteiger partial charge >= 0.3 is 0 Å². The lowest BCUT2D eigenvalue weighted by Crippen LogP contribution is -2.35. The van der Waals surface area contributed by atoms with Crippen molar-refractivity contribution >= 4 is 17.4 Å². The number of nitrogens with zero attached hydrogens (tertiary/aromatic N) is 1. The van der Waals surface area contributed by atoms with E-state index in [-0.39, 0.29) is 16.7 Å². The van der Waals surface area contributed by atoms with Gasteiger partial charge in [0.15, 0.2) is 0 Å². The van der Waals surface area contributed by atoms with Crippen LogP contribution in [0.2, 0.25) is 0 Å². The summed E-state index contributed by atoms with van der Waals surface area (Å²) in [5.41, 5.74) is 1.20. The predicted octanol–water partition coefficient (Wildman–Crippen LogP) is 3.53. The Kier molecular flexibility index (Phi) is 5.22. The number of non-ortho nitro benzene ring substituents is 1. The highest BCUT2D eigenvalue weighted by Gasteiger charge is 2.19. The zero-order valence-electron chi connectivity index (χ0n) is 11.2. The second kappa shape index (κ2) is 6.91. The molecule has 1 N–H and O–H groups in total. The zero-order chi connectivity index (χ0) is 13.7. The summed E-state index contributed by atoms with van der Waals surface area (Å²) in [4.78, 5) is 10.5. The average Bonchev–Trinajstić information content (AvgIpc) is 2.46. The van der Waals surface area contributed by atoms with Crippen molar-refractivity contribution in [1.29, 1.82) is 0 Å². The monoisotopic (exact) mass is 280 g/mol. The summed E-state index contributed by atoms with van der Waals surface area (Å²) >= 11 is 2.01. The van der Waals surface area contributed by atoms with Gasteiger partial charge in [-0.05, 0) is 36.3 Å². The van der Waals surface area contributed by atoms with Gasteiger partial charge in [-0.3, -0.25) is 10.1 Å². The maximum absolute atomic E-state index is 10.8. The normalized spacial score (nSPS) is 18.2. The zero-order valence-corrected chi connectivity index (χ0v) is 12.0. The fraction of sp³-hybridized carbons (Fsp3) is 0.571. The van der Waals surface area contributed by atoms with Crippen LogP contribution >= 0.6 is 11.8 Å². The number of hydrogen-bond acceptors (Lipinski definition) is 4. The molecule has 1 fully saturated rings. The standard InChI is InChI=1S/C14H20N2O2S/c1-2-14(15-12-6-8-19-9-7-12)11-4-3-5-13(10-11)16(17)18/h3-5,10,12,14-15H,2,6-9H2,1H3/t14-/m0/s1. The van der Waals surface area contributed by atoms with E-state index in [0.717, 1.165) is 12.0 Å². The molecule has 4 nitrogen and oxygen atoms in total. The SMILES string of the molecule is CC[C@H](NC1CCSCC1)c1cccc([N+](=O)[O-])c1. The smallest absolute Gasteiger partial charge is 0.269 e. The summed E-state index contributed by atoms with van der Waals surface area (Å²) in [5, 5.41) is 14.5. The van der Waals surface area contributed by atoms with Gasteiger partial charge in [-0.2, -0.15) is 11.8 Å². The minimum absolute atomic E-state index is 0.178. The van der Waals surface area contributed by atoms with Crippen LogP contribution in [-0.4, -0.2) is 22.5 Å². The molecule has 0 amide bonds. The quantitative estimate of drug-likeness (QED) is 0.662.